The molecule has 0 spiro atoms. The molecule has 1 unspecified atom stereocenters. The van der Waals surface area contributed by atoms with Crippen molar-refractivity contribution in [2.75, 3.05) is 5.32 Å². The zero-order valence-corrected chi connectivity index (χ0v) is 17.2. The van der Waals surface area contributed by atoms with Crippen molar-refractivity contribution in [3.63, 3.8) is 0 Å². The van der Waals surface area contributed by atoms with E-state index in [4.69, 9.17) is 4.52 Å². The quantitative estimate of drug-likeness (QED) is 0.522. The molecule has 7 rings (SSSR count). The summed E-state index contributed by atoms with van der Waals surface area (Å²) < 4.78 is 5.32. The van der Waals surface area contributed by atoms with E-state index in [0.29, 0.717) is 29.6 Å². The number of aromatic amines is 1. The van der Waals surface area contributed by atoms with Crippen LogP contribution in [0.15, 0.2) is 23.0 Å². The van der Waals surface area contributed by atoms with E-state index in [0.717, 1.165) is 41.5 Å². The normalized spacial score (nSPS) is 32.8. The molecule has 0 aromatic carbocycles. The van der Waals surface area contributed by atoms with E-state index in [1.54, 1.807) is 20.0 Å². The Bertz CT molecular complexity index is 1100. The van der Waals surface area contributed by atoms with Crippen LogP contribution in [0.25, 0.3) is 22.4 Å². The fourth-order valence-electron chi connectivity index (χ4n) is 6.30. The number of aromatic nitrogens is 4. The molecule has 3 aromatic rings. The molecule has 3 heterocycles. The first kappa shape index (κ1) is 18.3. The molecular formula is C22H27N5O3. The summed E-state index contributed by atoms with van der Waals surface area (Å²) in [6, 6.07) is 2.32. The van der Waals surface area contributed by atoms with Gasteiger partial charge in [-0.3, -0.25) is 0 Å². The van der Waals surface area contributed by atoms with Gasteiger partial charge in [0.15, 0.2) is 0 Å². The second-order valence-electron chi connectivity index (χ2n) is 10.1. The average Bonchev–Trinajstić information content (AvgIpc) is 3.32. The lowest BCUT2D eigenvalue weighted by atomic mass is 9.52. The number of nitrogens with zero attached hydrogens (tertiary/aromatic N) is 3. The van der Waals surface area contributed by atoms with Crippen LogP contribution in [0.1, 0.15) is 51.8 Å². The maximum absolute atomic E-state index is 10.9. The average molecular weight is 409 g/mol. The smallest absolute Gasteiger partial charge is 0.258 e. The van der Waals surface area contributed by atoms with Gasteiger partial charge in [0.05, 0.1) is 16.9 Å². The van der Waals surface area contributed by atoms with Crippen molar-refractivity contribution in [1.29, 1.82) is 0 Å². The van der Waals surface area contributed by atoms with E-state index in [-0.39, 0.29) is 5.89 Å². The maximum Gasteiger partial charge on any atom is 0.258 e. The summed E-state index contributed by atoms with van der Waals surface area (Å²) in [6.07, 6.45) is 8.71. The van der Waals surface area contributed by atoms with E-state index in [9.17, 15) is 10.2 Å². The molecule has 0 saturated heterocycles. The molecular weight excluding hydrogens is 382 g/mol. The van der Waals surface area contributed by atoms with Gasteiger partial charge < -0.3 is 25.0 Å². The molecule has 4 aliphatic carbocycles. The van der Waals surface area contributed by atoms with Crippen LogP contribution >= 0.6 is 0 Å². The van der Waals surface area contributed by atoms with Crippen LogP contribution in [0.2, 0.25) is 0 Å². The van der Waals surface area contributed by atoms with E-state index >= 15 is 0 Å². The molecule has 4 N–H and O–H groups in total. The number of aliphatic hydroxyl groups is 2. The summed E-state index contributed by atoms with van der Waals surface area (Å²) in [4.78, 5) is 12.1. The number of H-pyrrole nitrogens is 1. The summed E-state index contributed by atoms with van der Waals surface area (Å²) >= 11 is 0. The lowest BCUT2D eigenvalue weighted by Crippen LogP contribution is -2.59. The number of hydrogen-bond acceptors (Lipinski definition) is 7. The summed E-state index contributed by atoms with van der Waals surface area (Å²) in [6.45, 7) is 3.24. The Kier molecular flexibility index (Phi) is 3.69. The summed E-state index contributed by atoms with van der Waals surface area (Å²) in [5, 5.41) is 30.1. The monoisotopic (exact) mass is 409 g/mol. The molecule has 4 bridgehead atoms. The van der Waals surface area contributed by atoms with Gasteiger partial charge in [0, 0.05) is 23.8 Å². The molecule has 8 heteroatoms. The van der Waals surface area contributed by atoms with Crippen molar-refractivity contribution in [3.05, 3.63) is 24.4 Å². The SMILES string of the molecule is CC(C)(O)c1nc(-c2cnc3[nH]ccc3c2N[C@H]2[C@@H]3CC4C[C@H]2C[C@](O)(C4)C3)no1. The fraction of sp³-hybridized carbons (Fsp3) is 0.591. The van der Waals surface area contributed by atoms with Crippen molar-refractivity contribution in [1.82, 2.24) is 20.1 Å². The topological polar surface area (TPSA) is 120 Å². The molecule has 0 amide bonds. The number of hydrogen-bond donors (Lipinski definition) is 4. The molecule has 5 atom stereocenters. The van der Waals surface area contributed by atoms with Gasteiger partial charge in [-0.05, 0) is 69.8 Å². The van der Waals surface area contributed by atoms with Gasteiger partial charge in [-0.2, -0.15) is 4.98 Å². The van der Waals surface area contributed by atoms with Crippen LogP contribution in [0.5, 0.6) is 0 Å². The van der Waals surface area contributed by atoms with Crippen LogP contribution in [-0.4, -0.2) is 42.0 Å². The first-order valence-electron chi connectivity index (χ1n) is 10.8. The van der Waals surface area contributed by atoms with Crippen LogP contribution < -0.4 is 5.32 Å². The molecule has 0 radical (unpaired) electrons. The van der Waals surface area contributed by atoms with Crippen molar-refractivity contribution < 1.29 is 14.7 Å². The molecule has 4 aliphatic rings. The van der Waals surface area contributed by atoms with Gasteiger partial charge in [0.1, 0.15) is 11.2 Å². The number of rotatable bonds is 4. The molecule has 4 saturated carbocycles. The third kappa shape index (κ3) is 2.77. The first-order valence-corrected chi connectivity index (χ1v) is 10.8. The van der Waals surface area contributed by atoms with E-state index in [1.165, 1.54) is 12.8 Å². The summed E-state index contributed by atoms with van der Waals surface area (Å²) in [7, 11) is 0. The lowest BCUT2D eigenvalue weighted by molar-refractivity contribution is -0.129. The fourth-order valence-corrected chi connectivity index (χ4v) is 6.30. The molecule has 4 fully saturated rings. The number of pyridine rings is 1. The maximum atomic E-state index is 10.9. The third-order valence-corrected chi connectivity index (χ3v) is 7.33. The van der Waals surface area contributed by atoms with Gasteiger partial charge in [-0.15, -0.1) is 0 Å². The van der Waals surface area contributed by atoms with Crippen LogP contribution in [-0.2, 0) is 5.60 Å². The highest BCUT2D eigenvalue weighted by Gasteiger charge is 2.54. The Morgan fingerprint density at radius 3 is 2.67 bits per heavy atom. The standard InChI is InChI=1S/C22H27N5O3/c1-21(2,28)20-26-19(27-30-20)15-10-24-18-14(3-4-23-18)17(15)25-16-12-5-11-6-13(16)9-22(29,7-11)8-12/h3-4,10-13,16,28-29H,5-9H2,1-2H3,(H2,23,24,25)/t11?,12-,13+,16+,22+. The zero-order valence-electron chi connectivity index (χ0n) is 17.2. The minimum atomic E-state index is -1.21. The van der Waals surface area contributed by atoms with Crippen LogP contribution in [0, 0.1) is 17.8 Å². The Hall–Kier alpha value is -2.45. The second-order valence-corrected chi connectivity index (χ2v) is 10.1. The number of nitrogens with one attached hydrogen (secondary N) is 2. The van der Waals surface area contributed by atoms with Crippen LogP contribution in [0.4, 0.5) is 5.69 Å². The zero-order chi connectivity index (χ0) is 20.7. The van der Waals surface area contributed by atoms with E-state index in [2.05, 4.69) is 25.4 Å². The van der Waals surface area contributed by atoms with Gasteiger partial charge >= 0.3 is 0 Å². The molecule has 30 heavy (non-hydrogen) atoms. The lowest BCUT2D eigenvalue weighted by Gasteiger charge is -2.58. The number of anilines is 1. The van der Waals surface area contributed by atoms with Gasteiger partial charge in [0.2, 0.25) is 5.82 Å². The van der Waals surface area contributed by atoms with Crippen molar-refractivity contribution in [3.8, 4) is 11.4 Å². The Morgan fingerprint density at radius 1 is 1.23 bits per heavy atom. The summed E-state index contributed by atoms with van der Waals surface area (Å²) in [5.41, 5.74) is 0.827. The predicted octanol–water partition coefficient (Wildman–Crippen LogP) is 3.19. The third-order valence-electron chi connectivity index (χ3n) is 7.33. The Morgan fingerprint density at radius 2 is 2.00 bits per heavy atom. The minimum absolute atomic E-state index is 0.175. The van der Waals surface area contributed by atoms with Crippen LogP contribution in [0.3, 0.4) is 0 Å². The second kappa shape index (κ2) is 6.04. The molecule has 8 nitrogen and oxygen atoms in total. The van der Waals surface area contributed by atoms with Crippen molar-refractivity contribution >= 4 is 16.7 Å². The Labute approximate surface area is 174 Å². The highest BCUT2D eigenvalue weighted by molar-refractivity contribution is 5.97. The Balaban J connectivity index is 1.41. The predicted molar refractivity (Wildman–Crippen MR) is 111 cm³/mol. The molecule has 3 aromatic heterocycles. The van der Waals surface area contributed by atoms with Crippen molar-refractivity contribution in [2.24, 2.45) is 17.8 Å². The van der Waals surface area contributed by atoms with E-state index < -0.39 is 11.2 Å². The molecule has 158 valence electrons. The highest BCUT2D eigenvalue weighted by Crippen LogP contribution is 2.56. The first-order chi connectivity index (χ1) is 14.3. The largest absolute Gasteiger partial charge is 0.390 e. The van der Waals surface area contributed by atoms with E-state index in [1.807, 2.05) is 12.3 Å². The summed E-state index contributed by atoms with van der Waals surface area (Å²) in [5.74, 6) is 2.17. The van der Waals surface area contributed by atoms with Gasteiger partial charge in [0.25, 0.3) is 5.89 Å². The van der Waals surface area contributed by atoms with Gasteiger partial charge in [-0.25, -0.2) is 4.98 Å². The highest BCUT2D eigenvalue weighted by atomic mass is 16.5. The number of fused-ring (bicyclic) bond motifs is 1. The van der Waals surface area contributed by atoms with Crippen molar-refractivity contribution in [2.45, 2.75) is 63.2 Å². The van der Waals surface area contributed by atoms with Gasteiger partial charge in [-0.1, -0.05) is 5.16 Å². The minimum Gasteiger partial charge on any atom is -0.390 e. The molecule has 0 aliphatic heterocycles.